The van der Waals surface area contributed by atoms with Gasteiger partial charge in [0.05, 0.1) is 7.11 Å². The zero-order chi connectivity index (χ0) is 13.6. The molecule has 1 nitrogen and oxygen atoms in total. The van der Waals surface area contributed by atoms with Crippen LogP contribution in [0.4, 0.5) is 0 Å². The first-order valence-electron chi connectivity index (χ1n) is 7.11. The Balaban J connectivity index is 2.02. The summed E-state index contributed by atoms with van der Waals surface area (Å²) in [4.78, 5) is 1.27. The van der Waals surface area contributed by atoms with Crippen LogP contribution in [0.5, 0.6) is 5.75 Å². The highest BCUT2D eigenvalue weighted by Crippen LogP contribution is 2.42. The van der Waals surface area contributed by atoms with E-state index in [1.54, 1.807) is 7.11 Å². The number of hydrogen-bond acceptors (Lipinski definition) is 2. The van der Waals surface area contributed by atoms with Gasteiger partial charge in [-0.15, -0.1) is 11.8 Å². The molecular formula is C16H23BrOS. The van der Waals surface area contributed by atoms with Crippen molar-refractivity contribution in [2.24, 2.45) is 5.41 Å². The molecule has 1 aliphatic rings. The van der Waals surface area contributed by atoms with E-state index in [-0.39, 0.29) is 0 Å². The summed E-state index contributed by atoms with van der Waals surface area (Å²) in [6.45, 7) is 0. The van der Waals surface area contributed by atoms with E-state index in [4.69, 9.17) is 4.74 Å². The third kappa shape index (κ3) is 4.16. The van der Waals surface area contributed by atoms with Crippen molar-refractivity contribution in [3.05, 3.63) is 24.3 Å². The van der Waals surface area contributed by atoms with E-state index < -0.39 is 0 Å². The smallest absolute Gasteiger partial charge is 0.132 e. The molecule has 0 amide bonds. The molecule has 0 unspecified atom stereocenters. The van der Waals surface area contributed by atoms with Gasteiger partial charge in [-0.1, -0.05) is 53.7 Å². The van der Waals surface area contributed by atoms with Crippen molar-refractivity contribution >= 4 is 27.7 Å². The average Bonchev–Trinajstić information content (AvgIpc) is 2.71. The number of alkyl halides is 1. The highest BCUT2D eigenvalue weighted by Gasteiger charge is 2.30. The number of para-hydroxylation sites is 1. The fraction of sp³-hybridized carbons (Fsp3) is 0.625. The fourth-order valence-corrected chi connectivity index (χ4v) is 5.11. The molecular weight excluding hydrogens is 320 g/mol. The Bertz CT molecular complexity index is 386. The number of benzene rings is 1. The lowest BCUT2D eigenvalue weighted by molar-refractivity contribution is 0.334. The van der Waals surface area contributed by atoms with Crippen LogP contribution in [0.3, 0.4) is 0 Å². The largest absolute Gasteiger partial charge is 0.496 e. The van der Waals surface area contributed by atoms with E-state index in [0.29, 0.717) is 5.41 Å². The van der Waals surface area contributed by atoms with Crippen molar-refractivity contribution in [3.8, 4) is 5.75 Å². The topological polar surface area (TPSA) is 9.23 Å². The molecule has 0 atom stereocenters. The van der Waals surface area contributed by atoms with Crippen LogP contribution < -0.4 is 4.74 Å². The van der Waals surface area contributed by atoms with E-state index in [1.165, 1.54) is 49.2 Å². The van der Waals surface area contributed by atoms with Crippen molar-refractivity contribution in [1.82, 2.24) is 0 Å². The van der Waals surface area contributed by atoms with Crippen LogP contribution in [-0.2, 0) is 0 Å². The fourth-order valence-electron chi connectivity index (χ4n) is 2.76. The highest BCUT2D eigenvalue weighted by molar-refractivity contribution is 9.09. The van der Waals surface area contributed by atoms with Gasteiger partial charge < -0.3 is 4.74 Å². The van der Waals surface area contributed by atoms with Gasteiger partial charge >= 0.3 is 0 Å². The minimum Gasteiger partial charge on any atom is -0.496 e. The molecule has 106 valence electrons. The standard InChI is InChI=1S/C16H23BrOS/c1-18-14-8-4-5-9-15(14)19-13-16(12-17)10-6-2-3-7-11-16/h4-5,8-9H,2-3,6-7,10-13H2,1H3. The second-order valence-corrected chi connectivity index (χ2v) is 7.07. The Kier molecular flexibility index (Phi) is 6.08. The van der Waals surface area contributed by atoms with Crippen molar-refractivity contribution in [3.63, 3.8) is 0 Å². The van der Waals surface area contributed by atoms with Gasteiger partial charge in [-0.2, -0.15) is 0 Å². The first-order valence-corrected chi connectivity index (χ1v) is 9.22. The van der Waals surface area contributed by atoms with Crippen molar-refractivity contribution < 1.29 is 4.74 Å². The first kappa shape index (κ1) is 15.2. The molecule has 19 heavy (non-hydrogen) atoms. The Labute approximate surface area is 129 Å². The van der Waals surface area contributed by atoms with Gasteiger partial charge in [-0.3, -0.25) is 0 Å². The Morgan fingerprint density at radius 3 is 2.47 bits per heavy atom. The van der Waals surface area contributed by atoms with Crippen molar-refractivity contribution in [1.29, 1.82) is 0 Å². The zero-order valence-corrected chi connectivity index (χ0v) is 14.1. The summed E-state index contributed by atoms with van der Waals surface area (Å²) < 4.78 is 5.44. The Morgan fingerprint density at radius 2 is 1.84 bits per heavy atom. The summed E-state index contributed by atoms with van der Waals surface area (Å²) in [5.41, 5.74) is 0.474. The normalized spacial score (nSPS) is 18.8. The third-order valence-corrected chi connectivity index (χ3v) is 6.65. The molecule has 1 aromatic rings. The van der Waals surface area contributed by atoms with Crippen LogP contribution in [-0.4, -0.2) is 18.2 Å². The van der Waals surface area contributed by atoms with Gasteiger partial charge in [0.15, 0.2) is 0 Å². The van der Waals surface area contributed by atoms with Gasteiger partial charge in [0.25, 0.3) is 0 Å². The number of ether oxygens (including phenoxy) is 1. The second-order valence-electron chi connectivity index (χ2n) is 5.49. The lowest BCUT2D eigenvalue weighted by atomic mass is 9.85. The van der Waals surface area contributed by atoms with Crippen molar-refractivity contribution in [2.75, 3.05) is 18.2 Å². The third-order valence-electron chi connectivity index (χ3n) is 4.05. The quantitative estimate of drug-likeness (QED) is 0.395. The monoisotopic (exact) mass is 342 g/mol. The van der Waals surface area contributed by atoms with E-state index in [9.17, 15) is 0 Å². The van der Waals surface area contributed by atoms with E-state index in [0.717, 1.165) is 11.1 Å². The van der Waals surface area contributed by atoms with Gasteiger partial charge in [0, 0.05) is 16.0 Å². The van der Waals surface area contributed by atoms with Gasteiger partial charge in [-0.25, -0.2) is 0 Å². The minimum absolute atomic E-state index is 0.474. The van der Waals surface area contributed by atoms with E-state index >= 15 is 0 Å². The van der Waals surface area contributed by atoms with Crippen LogP contribution in [0.15, 0.2) is 29.2 Å². The molecule has 0 N–H and O–H groups in total. The maximum absolute atomic E-state index is 5.44. The summed E-state index contributed by atoms with van der Waals surface area (Å²) in [5, 5.41) is 1.13. The Morgan fingerprint density at radius 1 is 1.16 bits per heavy atom. The summed E-state index contributed by atoms with van der Waals surface area (Å²) in [5.74, 6) is 2.20. The SMILES string of the molecule is COc1ccccc1SCC1(CBr)CCCCCC1. The van der Waals surface area contributed by atoms with Gasteiger partial charge in [0.2, 0.25) is 0 Å². The summed E-state index contributed by atoms with van der Waals surface area (Å²) in [7, 11) is 1.76. The molecule has 3 heteroatoms. The molecule has 0 spiro atoms. The lowest BCUT2D eigenvalue weighted by Gasteiger charge is -2.30. The van der Waals surface area contributed by atoms with E-state index in [2.05, 4.69) is 34.1 Å². The van der Waals surface area contributed by atoms with Crippen LogP contribution in [0.25, 0.3) is 0 Å². The molecule has 0 bridgehead atoms. The molecule has 2 rings (SSSR count). The molecule has 1 fully saturated rings. The number of methoxy groups -OCH3 is 1. The van der Waals surface area contributed by atoms with E-state index in [1.807, 2.05) is 17.8 Å². The molecule has 1 aliphatic carbocycles. The van der Waals surface area contributed by atoms with Crippen LogP contribution in [0.2, 0.25) is 0 Å². The molecule has 0 saturated heterocycles. The molecule has 1 saturated carbocycles. The summed E-state index contributed by atoms with van der Waals surface area (Å²) in [6.07, 6.45) is 8.32. The molecule has 0 aliphatic heterocycles. The zero-order valence-electron chi connectivity index (χ0n) is 11.7. The second kappa shape index (κ2) is 7.58. The number of rotatable bonds is 5. The first-order chi connectivity index (χ1) is 9.29. The van der Waals surface area contributed by atoms with Crippen LogP contribution in [0.1, 0.15) is 38.5 Å². The predicted molar refractivity (Wildman–Crippen MR) is 87.6 cm³/mol. The number of thioether (sulfide) groups is 1. The van der Waals surface area contributed by atoms with Crippen LogP contribution in [0, 0.1) is 5.41 Å². The lowest BCUT2D eigenvalue weighted by Crippen LogP contribution is -2.25. The maximum Gasteiger partial charge on any atom is 0.132 e. The summed E-state index contributed by atoms with van der Waals surface area (Å²) >= 11 is 5.72. The molecule has 0 radical (unpaired) electrons. The Hall–Kier alpha value is -0.150. The van der Waals surface area contributed by atoms with Crippen LogP contribution >= 0.6 is 27.7 Å². The number of halogens is 1. The molecule has 1 aromatic carbocycles. The maximum atomic E-state index is 5.44. The predicted octanol–water partition coefficient (Wildman–Crippen LogP) is 5.52. The minimum atomic E-state index is 0.474. The van der Waals surface area contributed by atoms with Crippen molar-refractivity contribution in [2.45, 2.75) is 43.4 Å². The summed E-state index contributed by atoms with van der Waals surface area (Å²) in [6, 6.07) is 8.35. The molecule has 0 aromatic heterocycles. The van der Waals surface area contributed by atoms with Gasteiger partial charge in [0.1, 0.15) is 5.75 Å². The number of hydrogen-bond donors (Lipinski definition) is 0. The van der Waals surface area contributed by atoms with Gasteiger partial charge in [-0.05, 0) is 30.4 Å². The molecule has 0 heterocycles. The average molecular weight is 343 g/mol. The highest BCUT2D eigenvalue weighted by atomic mass is 79.9.